The molecule has 0 amide bonds. The first-order chi connectivity index (χ1) is 9.11. The van der Waals surface area contributed by atoms with Gasteiger partial charge in [0.25, 0.3) is 0 Å². The Bertz CT molecular complexity index is 584. The molecule has 100 valence electrons. The van der Waals surface area contributed by atoms with E-state index in [0.29, 0.717) is 24.1 Å². The summed E-state index contributed by atoms with van der Waals surface area (Å²) >= 11 is 6.10. The summed E-state index contributed by atoms with van der Waals surface area (Å²) in [5.74, 6) is 0.597. The highest BCUT2D eigenvalue weighted by Gasteiger charge is 2.09. The Morgan fingerprint density at radius 3 is 2.68 bits per heavy atom. The molecular formula is C15H17ClN2O. The maximum Gasteiger partial charge on any atom is 0.218 e. The van der Waals surface area contributed by atoms with Crippen LogP contribution in [0.15, 0.2) is 30.3 Å². The predicted octanol–water partition coefficient (Wildman–Crippen LogP) is 3.39. The van der Waals surface area contributed by atoms with Crippen LogP contribution in [0.4, 0.5) is 0 Å². The molecule has 0 aliphatic rings. The van der Waals surface area contributed by atoms with Crippen LogP contribution in [0, 0.1) is 13.8 Å². The lowest BCUT2D eigenvalue weighted by molar-refractivity contribution is 0.289. The molecule has 0 unspecified atom stereocenters. The third kappa shape index (κ3) is 3.25. The quantitative estimate of drug-likeness (QED) is 0.931. The second-order valence-electron chi connectivity index (χ2n) is 4.45. The summed E-state index contributed by atoms with van der Waals surface area (Å²) in [6.07, 6.45) is 0. The van der Waals surface area contributed by atoms with Crippen molar-refractivity contribution < 1.29 is 4.74 Å². The number of rotatable bonds is 4. The lowest BCUT2D eigenvalue weighted by atomic mass is 10.1. The van der Waals surface area contributed by atoms with Gasteiger partial charge in [-0.15, -0.1) is 0 Å². The zero-order valence-corrected chi connectivity index (χ0v) is 11.9. The molecule has 0 spiro atoms. The maximum atomic E-state index is 6.10. The minimum absolute atomic E-state index is 0.391. The van der Waals surface area contributed by atoms with Gasteiger partial charge in [0.1, 0.15) is 6.61 Å². The Morgan fingerprint density at radius 2 is 2.00 bits per heavy atom. The number of pyridine rings is 1. The smallest absolute Gasteiger partial charge is 0.218 e. The lowest BCUT2D eigenvalue weighted by Crippen LogP contribution is -2.07. The van der Waals surface area contributed by atoms with Gasteiger partial charge in [0.05, 0.1) is 0 Å². The highest BCUT2D eigenvalue weighted by Crippen LogP contribution is 2.23. The second kappa shape index (κ2) is 6.04. The van der Waals surface area contributed by atoms with Gasteiger partial charge in [0.2, 0.25) is 5.88 Å². The highest BCUT2D eigenvalue weighted by atomic mass is 35.5. The van der Waals surface area contributed by atoms with Gasteiger partial charge < -0.3 is 10.5 Å². The Hall–Kier alpha value is -1.58. The van der Waals surface area contributed by atoms with E-state index in [9.17, 15) is 0 Å². The number of halogens is 1. The SMILES string of the molecule is Cc1cc(C)c(CN)c(OCc2ccccc2Cl)n1. The first-order valence-corrected chi connectivity index (χ1v) is 6.53. The fourth-order valence-electron chi connectivity index (χ4n) is 1.96. The molecule has 2 N–H and O–H groups in total. The molecule has 3 nitrogen and oxygen atoms in total. The van der Waals surface area contributed by atoms with Gasteiger partial charge in [0.15, 0.2) is 0 Å². The molecule has 2 rings (SSSR count). The fourth-order valence-corrected chi connectivity index (χ4v) is 2.15. The van der Waals surface area contributed by atoms with Crippen LogP contribution in [-0.2, 0) is 13.2 Å². The number of benzene rings is 1. The minimum Gasteiger partial charge on any atom is -0.472 e. The van der Waals surface area contributed by atoms with Gasteiger partial charge in [-0.25, -0.2) is 4.98 Å². The van der Waals surface area contributed by atoms with E-state index >= 15 is 0 Å². The average Bonchev–Trinajstić information content (AvgIpc) is 2.37. The van der Waals surface area contributed by atoms with Gasteiger partial charge >= 0.3 is 0 Å². The molecule has 4 heteroatoms. The van der Waals surface area contributed by atoms with Crippen LogP contribution < -0.4 is 10.5 Å². The predicted molar refractivity (Wildman–Crippen MR) is 77.4 cm³/mol. The first-order valence-electron chi connectivity index (χ1n) is 6.15. The van der Waals surface area contributed by atoms with Crippen molar-refractivity contribution in [3.8, 4) is 5.88 Å². The van der Waals surface area contributed by atoms with Gasteiger partial charge in [-0.1, -0.05) is 29.8 Å². The van der Waals surface area contributed by atoms with E-state index in [1.165, 1.54) is 0 Å². The summed E-state index contributed by atoms with van der Waals surface area (Å²) in [6, 6.07) is 9.62. The van der Waals surface area contributed by atoms with Gasteiger partial charge in [0, 0.05) is 28.4 Å². The third-order valence-electron chi connectivity index (χ3n) is 2.96. The number of nitrogens with zero attached hydrogens (tertiary/aromatic N) is 1. The van der Waals surface area contributed by atoms with Crippen LogP contribution in [0.2, 0.25) is 5.02 Å². The van der Waals surface area contributed by atoms with Crippen molar-refractivity contribution in [2.45, 2.75) is 27.0 Å². The minimum atomic E-state index is 0.391. The van der Waals surface area contributed by atoms with Crippen molar-refractivity contribution >= 4 is 11.6 Å². The van der Waals surface area contributed by atoms with Crippen LogP contribution in [0.25, 0.3) is 0 Å². The summed E-state index contributed by atoms with van der Waals surface area (Å²) in [6.45, 7) is 4.76. The van der Waals surface area contributed by atoms with Crippen LogP contribution in [0.5, 0.6) is 5.88 Å². The molecule has 19 heavy (non-hydrogen) atoms. The van der Waals surface area contributed by atoms with Gasteiger partial charge in [-0.3, -0.25) is 0 Å². The molecule has 0 saturated carbocycles. The van der Waals surface area contributed by atoms with Gasteiger partial charge in [-0.05, 0) is 31.5 Å². The fraction of sp³-hybridized carbons (Fsp3) is 0.267. The molecule has 0 saturated heterocycles. The largest absolute Gasteiger partial charge is 0.472 e. The number of hydrogen-bond donors (Lipinski definition) is 1. The maximum absolute atomic E-state index is 6.10. The molecule has 0 aliphatic heterocycles. The highest BCUT2D eigenvalue weighted by molar-refractivity contribution is 6.31. The molecule has 0 aliphatic carbocycles. The molecule has 0 bridgehead atoms. The van der Waals surface area contributed by atoms with Crippen molar-refractivity contribution in [3.63, 3.8) is 0 Å². The normalized spacial score (nSPS) is 10.5. The summed E-state index contributed by atoms with van der Waals surface area (Å²) in [5.41, 5.74) is 9.66. The zero-order valence-electron chi connectivity index (χ0n) is 11.1. The summed E-state index contributed by atoms with van der Waals surface area (Å²) in [7, 11) is 0. The van der Waals surface area contributed by atoms with E-state index in [4.69, 9.17) is 22.1 Å². The van der Waals surface area contributed by atoms with Crippen LogP contribution in [-0.4, -0.2) is 4.98 Å². The van der Waals surface area contributed by atoms with Crippen LogP contribution >= 0.6 is 11.6 Å². The third-order valence-corrected chi connectivity index (χ3v) is 3.33. The van der Waals surface area contributed by atoms with E-state index < -0.39 is 0 Å². The Kier molecular flexibility index (Phi) is 4.40. The number of hydrogen-bond acceptors (Lipinski definition) is 3. The van der Waals surface area contributed by atoms with Crippen LogP contribution in [0.1, 0.15) is 22.4 Å². The van der Waals surface area contributed by atoms with E-state index in [0.717, 1.165) is 22.4 Å². The van der Waals surface area contributed by atoms with Crippen molar-refractivity contribution in [1.29, 1.82) is 0 Å². The summed E-state index contributed by atoms with van der Waals surface area (Å²) in [5, 5.41) is 0.696. The molecule has 1 aromatic heterocycles. The average molecular weight is 277 g/mol. The number of aromatic nitrogens is 1. The molecule has 2 aromatic rings. The Morgan fingerprint density at radius 1 is 1.26 bits per heavy atom. The second-order valence-corrected chi connectivity index (χ2v) is 4.86. The lowest BCUT2D eigenvalue weighted by Gasteiger charge is -2.13. The standard InChI is InChI=1S/C15H17ClN2O/c1-10-7-11(2)18-15(13(10)8-17)19-9-12-5-3-4-6-14(12)16/h3-7H,8-9,17H2,1-2H3. The molecule has 1 heterocycles. The number of nitrogens with two attached hydrogens (primary N) is 1. The summed E-state index contributed by atoms with van der Waals surface area (Å²) in [4.78, 5) is 4.40. The zero-order chi connectivity index (χ0) is 13.8. The van der Waals surface area contributed by atoms with Crippen molar-refractivity contribution in [2.24, 2.45) is 5.73 Å². The monoisotopic (exact) mass is 276 g/mol. The number of aryl methyl sites for hydroxylation is 2. The Labute approximate surface area is 118 Å². The van der Waals surface area contributed by atoms with E-state index in [1.54, 1.807) is 0 Å². The van der Waals surface area contributed by atoms with Crippen molar-refractivity contribution in [2.75, 3.05) is 0 Å². The molecule has 0 atom stereocenters. The molecule has 0 radical (unpaired) electrons. The number of ether oxygens (including phenoxy) is 1. The summed E-state index contributed by atoms with van der Waals surface area (Å²) < 4.78 is 5.78. The van der Waals surface area contributed by atoms with Crippen molar-refractivity contribution in [1.82, 2.24) is 4.98 Å². The first kappa shape index (κ1) is 13.8. The van der Waals surface area contributed by atoms with Crippen LogP contribution in [0.3, 0.4) is 0 Å². The molecule has 1 aromatic carbocycles. The molecule has 0 fully saturated rings. The van der Waals surface area contributed by atoms with E-state index in [-0.39, 0.29) is 0 Å². The topological polar surface area (TPSA) is 48.1 Å². The van der Waals surface area contributed by atoms with Gasteiger partial charge in [-0.2, -0.15) is 0 Å². The van der Waals surface area contributed by atoms with E-state index in [1.807, 2.05) is 44.2 Å². The van der Waals surface area contributed by atoms with Crippen molar-refractivity contribution in [3.05, 3.63) is 57.7 Å². The Balaban J connectivity index is 2.22. The van der Waals surface area contributed by atoms with E-state index in [2.05, 4.69) is 4.98 Å². The molecular weight excluding hydrogens is 260 g/mol.